The van der Waals surface area contributed by atoms with Crippen molar-refractivity contribution in [2.24, 2.45) is 0 Å². The minimum absolute atomic E-state index is 0.136. The Kier molecular flexibility index (Phi) is 39.1. The van der Waals surface area contributed by atoms with E-state index in [1.807, 2.05) is 0 Å². The first-order valence-electron chi connectivity index (χ1n) is 20.8. The van der Waals surface area contributed by atoms with Gasteiger partial charge in [-0.15, -0.1) is 0 Å². The third kappa shape index (κ3) is 40.0. The SMILES string of the molecule is CCCCC/C=C\C/C=C\C/C=C\C/C=C\CCCC(=O)OC[C@H](O)COC(=O)CCCCCCCCCCC/C=C\CCCCCCCC. The quantitative estimate of drug-likeness (QED) is 0.0397. The number of ether oxygens (including phenoxy) is 2. The van der Waals surface area contributed by atoms with Crippen LogP contribution in [0.15, 0.2) is 60.8 Å². The van der Waals surface area contributed by atoms with Gasteiger partial charge in [-0.25, -0.2) is 0 Å². The predicted molar refractivity (Wildman–Crippen MR) is 214 cm³/mol. The Morgan fingerprint density at radius 1 is 0.420 bits per heavy atom. The van der Waals surface area contributed by atoms with Crippen LogP contribution in [0, 0.1) is 0 Å². The maximum Gasteiger partial charge on any atom is 0.305 e. The maximum absolute atomic E-state index is 12.0. The van der Waals surface area contributed by atoms with E-state index in [2.05, 4.69) is 74.6 Å². The van der Waals surface area contributed by atoms with E-state index in [-0.39, 0.29) is 25.2 Å². The Morgan fingerprint density at radius 3 is 1.18 bits per heavy atom. The molecule has 288 valence electrons. The zero-order valence-corrected chi connectivity index (χ0v) is 32.6. The molecule has 0 radical (unpaired) electrons. The van der Waals surface area contributed by atoms with E-state index < -0.39 is 6.10 Å². The number of hydrogen-bond acceptors (Lipinski definition) is 5. The first-order chi connectivity index (χ1) is 24.6. The molecule has 0 aliphatic carbocycles. The monoisotopic (exact) mass is 699 g/mol. The summed E-state index contributed by atoms with van der Waals surface area (Å²) in [5.41, 5.74) is 0. The lowest BCUT2D eigenvalue weighted by Gasteiger charge is -2.12. The van der Waals surface area contributed by atoms with Crippen molar-refractivity contribution < 1.29 is 24.2 Å². The van der Waals surface area contributed by atoms with Gasteiger partial charge in [-0.3, -0.25) is 9.59 Å². The summed E-state index contributed by atoms with van der Waals surface area (Å²) < 4.78 is 10.3. The van der Waals surface area contributed by atoms with Crippen molar-refractivity contribution in [3.63, 3.8) is 0 Å². The summed E-state index contributed by atoms with van der Waals surface area (Å²) >= 11 is 0. The van der Waals surface area contributed by atoms with Gasteiger partial charge >= 0.3 is 11.9 Å². The van der Waals surface area contributed by atoms with E-state index in [9.17, 15) is 14.7 Å². The second-order valence-electron chi connectivity index (χ2n) is 13.7. The van der Waals surface area contributed by atoms with E-state index in [1.54, 1.807) is 0 Å². The van der Waals surface area contributed by atoms with Gasteiger partial charge in [-0.05, 0) is 77.0 Å². The molecule has 0 amide bonds. The zero-order chi connectivity index (χ0) is 36.4. The average Bonchev–Trinajstić information content (AvgIpc) is 3.12. The van der Waals surface area contributed by atoms with Gasteiger partial charge in [0.2, 0.25) is 0 Å². The van der Waals surface area contributed by atoms with Gasteiger partial charge in [0.05, 0.1) is 0 Å². The number of esters is 2. The smallest absolute Gasteiger partial charge is 0.305 e. The molecule has 0 aromatic carbocycles. The number of allylic oxidation sites excluding steroid dienone is 10. The number of hydrogen-bond donors (Lipinski definition) is 1. The van der Waals surface area contributed by atoms with E-state index in [4.69, 9.17) is 9.47 Å². The van der Waals surface area contributed by atoms with Gasteiger partial charge in [0.1, 0.15) is 19.3 Å². The average molecular weight is 699 g/mol. The first-order valence-corrected chi connectivity index (χ1v) is 20.8. The van der Waals surface area contributed by atoms with E-state index in [0.717, 1.165) is 44.9 Å². The number of carbonyl (C=O) groups is 2. The molecule has 1 atom stereocenters. The molecular formula is C45H78O5. The van der Waals surface area contributed by atoms with E-state index >= 15 is 0 Å². The summed E-state index contributed by atoms with van der Waals surface area (Å²) in [7, 11) is 0. The molecule has 0 fully saturated rings. The van der Waals surface area contributed by atoms with Crippen molar-refractivity contribution in [2.45, 2.75) is 200 Å². The molecule has 1 N–H and O–H groups in total. The third-order valence-electron chi connectivity index (χ3n) is 8.73. The van der Waals surface area contributed by atoms with Gasteiger partial charge in [0.25, 0.3) is 0 Å². The van der Waals surface area contributed by atoms with Gasteiger partial charge in [-0.1, -0.05) is 164 Å². The fourth-order valence-electron chi connectivity index (χ4n) is 5.54. The summed E-state index contributed by atoms with van der Waals surface area (Å²) in [6, 6.07) is 0. The van der Waals surface area contributed by atoms with Crippen molar-refractivity contribution >= 4 is 11.9 Å². The standard InChI is InChI=1S/C45H78O5/c1-3-5-7-9-11-13-15-17-19-21-22-24-26-28-30-32-34-36-38-40-45(48)50-42-43(46)41-49-44(47)39-37-35-33-31-29-27-25-23-20-18-16-14-12-10-8-6-4-2/h12,14,17-20,25,27,31,33,43,46H,3-11,13,15-16,21-24,26,28-30,32,34-42H2,1-2H3/b14-12-,19-17-,20-18-,27-25-,33-31-/t43-/m0/s1. The fraction of sp³-hybridized carbons (Fsp3) is 0.733. The topological polar surface area (TPSA) is 72.8 Å². The molecular weight excluding hydrogens is 620 g/mol. The largest absolute Gasteiger partial charge is 0.463 e. The third-order valence-corrected chi connectivity index (χ3v) is 8.73. The normalized spacial score (nSPS) is 12.8. The number of carbonyl (C=O) groups excluding carboxylic acids is 2. The van der Waals surface area contributed by atoms with Crippen LogP contribution in [0.3, 0.4) is 0 Å². The van der Waals surface area contributed by atoms with Crippen molar-refractivity contribution in [1.82, 2.24) is 0 Å². The van der Waals surface area contributed by atoms with Gasteiger partial charge < -0.3 is 14.6 Å². The van der Waals surface area contributed by atoms with E-state index in [1.165, 1.54) is 116 Å². The number of unbranched alkanes of at least 4 members (excludes halogenated alkanes) is 19. The van der Waals surface area contributed by atoms with Gasteiger partial charge in [0.15, 0.2) is 0 Å². The Morgan fingerprint density at radius 2 is 0.720 bits per heavy atom. The number of aliphatic hydroxyl groups is 1. The van der Waals surface area contributed by atoms with Crippen LogP contribution in [-0.4, -0.2) is 36.4 Å². The number of aliphatic hydroxyl groups excluding tert-OH is 1. The van der Waals surface area contributed by atoms with Crippen molar-refractivity contribution in [1.29, 1.82) is 0 Å². The second-order valence-corrected chi connectivity index (χ2v) is 13.7. The molecule has 5 heteroatoms. The van der Waals surface area contributed by atoms with Crippen LogP contribution in [0.4, 0.5) is 0 Å². The van der Waals surface area contributed by atoms with Crippen molar-refractivity contribution in [3.8, 4) is 0 Å². The Bertz CT molecular complexity index is 884. The van der Waals surface area contributed by atoms with Crippen LogP contribution in [0.2, 0.25) is 0 Å². The van der Waals surface area contributed by atoms with Crippen LogP contribution in [0.5, 0.6) is 0 Å². The Hall–Kier alpha value is -2.40. The highest BCUT2D eigenvalue weighted by Gasteiger charge is 2.12. The molecule has 0 aromatic rings. The zero-order valence-electron chi connectivity index (χ0n) is 32.6. The summed E-state index contributed by atoms with van der Waals surface area (Å²) in [6.45, 7) is 4.22. The van der Waals surface area contributed by atoms with E-state index in [0.29, 0.717) is 19.3 Å². The molecule has 50 heavy (non-hydrogen) atoms. The lowest BCUT2D eigenvalue weighted by molar-refractivity contribution is -0.152. The molecule has 0 saturated carbocycles. The van der Waals surface area contributed by atoms with Crippen molar-refractivity contribution in [2.75, 3.05) is 13.2 Å². The minimum atomic E-state index is -0.988. The van der Waals surface area contributed by atoms with Crippen LogP contribution in [0.25, 0.3) is 0 Å². The summed E-state index contributed by atoms with van der Waals surface area (Å²) in [5, 5.41) is 10.0. The molecule has 0 bridgehead atoms. The van der Waals surface area contributed by atoms with Gasteiger partial charge in [0, 0.05) is 12.8 Å². The molecule has 0 unspecified atom stereocenters. The van der Waals surface area contributed by atoms with Gasteiger partial charge in [-0.2, -0.15) is 0 Å². The Labute approximate surface area is 309 Å². The lowest BCUT2D eigenvalue weighted by atomic mass is 10.1. The van der Waals surface area contributed by atoms with Crippen LogP contribution in [0.1, 0.15) is 194 Å². The molecule has 0 heterocycles. The van der Waals surface area contributed by atoms with Crippen LogP contribution < -0.4 is 0 Å². The molecule has 0 rings (SSSR count). The molecule has 0 aromatic heterocycles. The molecule has 0 saturated heterocycles. The summed E-state index contributed by atoms with van der Waals surface area (Å²) in [5.74, 6) is -0.632. The predicted octanol–water partition coefficient (Wildman–Crippen LogP) is 13.2. The summed E-state index contributed by atoms with van der Waals surface area (Å²) in [6.07, 6.45) is 52.8. The van der Waals surface area contributed by atoms with Crippen LogP contribution in [-0.2, 0) is 19.1 Å². The first kappa shape index (κ1) is 47.6. The second kappa shape index (κ2) is 41.0. The highest BCUT2D eigenvalue weighted by Crippen LogP contribution is 2.13. The maximum atomic E-state index is 12.0. The Balaban J connectivity index is 3.52. The molecule has 0 spiro atoms. The van der Waals surface area contributed by atoms with Crippen molar-refractivity contribution in [3.05, 3.63) is 60.8 Å². The minimum Gasteiger partial charge on any atom is -0.463 e. The van der Waals surface area contributed by atoms with Crippen LogP contribution >= 0.6 is 0 Å². The highest BCUT2D eigenvalue weighted by molar-refractivity contribution is 5.69. The molecule has 5 nitrogen and oxygen atoms in total. The lowest BCUT2D eigenvalue weighted by Crippen LogP contribution is -2.25. The fourth-order valence-corrected chi connectivity index (χ4v) is 5.54. The summed E-state index contributed by atoms with van der Waals surface area (Å²) in [4.78, 5) is 23.9. The number of rotatable bonds is 37. The highest BCUT2D eigenvalue weighted by atomic mass is 16.6. The molecule has 0 aliphatic rings. The molecule has 0 aliphatic heterocycles.